The summed E-state index contributed by atoms with van der Waals surface area (Å²) in [6, 6.07) is 21.0. The average molecular weight is 491 g/mol. The maximum atomic E-state index is 13.6. The Morgan fingerprint density at radius 3 is 2.40 bits per heavy atom. The molecule has 0 bridgehead atoms. The number of anilines is 1. The molecule has 1 aliphatic heterocycles. The highest BCUT2D eigenvalue weighted by Crippen LogP contribution is 2.43. The summed E-state index contributed by atoms with van der Waals surface area (Å²) in [7, 11) is -4.21. The van der Waals surface area contributed by atoms with E-state index in [1.807, 2.05) is 37.3 Å². The molecule has 4 rings (SSSR count). The summed E-state index contributed by atoms with van der Waals surface area (Å²) in [5.41, 5.74) is 1.02. The molecule has 1 amide bonds. The highest BCUT2D eigenvalue weighted by molar-refractivity contribution is 7.97. The van der Waals surface area contributed by atoms with Crippen LogP contribution in [0, 0.1) is 10.1 Å². The number of rotatable bonds is 7. The predicted molar refractivity (Wildman–Crippen MR) is 133 cm³/mol. The molecule has 1 fully saturated rings. The van der Waals surface area contributed by atoms with E-state index in [1.165, 1.54) is 36.4 Å². The maximum absolute atomic E-state index is 13.6. The first-order chi connectivity index (χ1) is 16.8. The molecule has 1 saturated heterocycles. The van der Waals surface area contributed by atoms with Gasteiger partial charge in [-0.15, -0.1) is 0 Å². The number of hydrogen-bond donors (Lipinski definition) is 0. The fraction of sp³-hybridized carbons (Fsp3) is 0.115. The Bertz CT molecular complexity index is 1410. The highest BCUT2D eigenvalue weighted by Gasteiger charge is 2.50. The molecular weight excluding hydrogens is 468 g/mol. The molecule has 1 aliphatic rings. The van der Waals surface area contributed by atoms with Crippen molar-refractivity contribution < 1.29 is 22.9 Å². The number of sulfone groups is 1. The zero-order chi connectivity index (χ0) is 25.0. The lowest BCUT2D eigenvalue weighted by atomic mass is 10.1. The van der Waals surface area contributed by atoms with Gasteiger partial charge in [0.2, 0.25) is 9.84 Å². The van der Waals surface area contributed by atoms with Crippen LogP contribution in [0.1, 0.15) is 23.4 Å². The number of nitrogens with zero attached hydrogens (tertiary/aromatic N) is 2. The van der Waals surface area contributed by atoms with Crippen molar-refractivity contribution >= 4 is 33.2 Å². The number of non-ortho nitro benzene ring substituents is 1. The zero-order valence-corrected chi connectivity index (χ0v) is 19.6. The third-order valence-corrected chi connectivity index (χ3v) is 7.39. The third-order valence-electron chi connectivity index (χ3n) is 5.39. The monoisotopic (exact) mass is 490 g/mol. The summed E-state index contributed by atoms with van der Waals surface area (Å²) in [5.74, 6) is -0.150. The lowest BCUT2D eigenvalue weighted by Crippen LogP contribution is -2.29. The average Bonchev–Trinajstić information content (AvgIpc) is 3.05. The first-order valence-electron chi connectivity index (χ1n) is 10.8. The first-order valence-corrected chi connectivity index (χ1v) is 12.4. The molecule has 8 nitrogen and oxygen atoms in total. The van der Waals surface area contributed by atoms with Crippen LogP contribution >= 0.6 is 0 Å². The van der Waals surface area contributed by atoms with Crippen LogP contribution < -0.4 is 9.64 Å². The van der Waals surface area contributed by atoms with Gasteiger partial charge in [0, 0.05) is 17.8 Å². The normalized spacial score (nSPS) is 18.3. The Morgan fingerprint density at radius 2 is 1.74 bits per heavy atom. The van der Waals surface area contributed by atoms with Crippen LogP contribution in [-0.2, 0) is 14.6 Å². The molecule has 0 saturated carbocycles. The van der Waals surface area contributed by atoms with Crippen LogP contribution in [0.15, 0.2) is 95.9 Å². The summed E-state index contributed by atoms with van der Waals surface area (Å²) in [4.78, 5) is 24.9. The van der Waals surface area contributed by atoms with Crippen LogP contribution in [0.3, 0.4) is 0 Å². The van der Waals surface area contributed by atoms with Crippen LogP contribution in [0.25, 0.3) is 6.08 Å². The van der Waals surface area contributed by atoms with Gasteiger partial charge in [0.05, 0.1) is 11.5 Å². The largest absolute Gasteiger partial charge is 0.494 e. The van der Waals surface area contributed by atoms with E-state index in [1.54, 1.807) is 30.3 Å². The minimum atomic E-state index is -4.21. The number of ether oxygens (including phenoxy) is 1. The molecule has 0 aromatic heterocycles. The Balaban J connectivity index is 1.82. The molecule has 0 aliphatic carbocycles. The van der Waals surface area contributed by atoms with Crippen molar-refractivity contribution in [1.29, 1.82) is 0 Å². The summed E-state index contributed by atoms with van der Waals surface area (Å²) >= 11 is 0. The molecule has 0 N–H and O–H groups in total. The lowest BCUT2D eigenvalue weighted by molar-refractivity contribution is -0.384. The van der Waals surface area contributed by atoms with Gasteiger partial charge in [-0.05, 0) is 48.4 Å². The number of nitro groups is 1. The van der Waals surface area contributed by atoms with Crippen molar-refractivity contribution in [3.63, 3.8) is 0 Å². The van der Waals surface area contributed by atoms with E-state index in [2.05, 4.69) is 0 Å². The minimum absolute atomic E-state index is 0.122. The third kappa shape index (κ3) is 4.85. The Labute approximate surface area is 202 Å². The van der Waals surface area contributed by atoms with E-state index in [0.29, 0.717) is 18.0 Å². The number of hydrogen-bond acceptors (Lipinski definition) is 6. The fourth-order valence-corrected chi connectivity index (χ4v) is 5.68. The smallest absolute Gasteiger partial charge is 0.271 e. The van der Waals surface area contributed by atoms with E-state index in [-0.39, 0.29) is 11.3 Å². The lowest BCUT2D eigenvalue weighted by Gasteiger charge is -2.23. The summed E-state index contributed by atoms with van der Waals surface area (Å²) in [5, 5.41) is 9.87. The van der Waals surface area contributed by atoms with Crippen molar-refractivity contribution in [3.05, 3.63) is 117 Å². The second kappa shape index (κ2) is 9.94. The van der Waals surface area contributed by atoms with Gasteiger partial charge < -0.3 is 4.74 Å². The van der Waals surface area contributed by atoms with Crippen molar-refractivity contribution in [1.82, 2.24) is 0 Å². The molecule has 3 aromatic rings. The molecular formula is C26H22N2O6S. The number of carbonyl (C=O) groups is 1. The van der Waals surface area contributed by atoms with Gasteiger partial charge in [-0.3, -0.25) is 19.8 Å². The molecule has 3 aromatic carbocycles. The Kier molecular flexibility index (Phi) is 6.79. The molecule has 0 spiro atoms. The van der Waals surface area contributed by atoms with E-state index in [0.717, 1.165) is 10.5 Å². The molecule has 0 unspecified atom stereocenters. The SMILES string of the molecule is CCOc1ccc(N2C(=O)/C(=C\C=C\c3ccccc3)S(=O)(=O)[C@H]2c2cccc([N+](=O)[O-])c2)cc1. The van der Waals surface area contributed by atoms with Gasteiger partial charge in [-0.2, -0.15) is 0 Å². The van der Waals surface area contributed by atoms with Gasteiger partial charge in [0.25, 0.3) is 11.6 Å². The van der Waals surface area contributed by atoms with Crippen LogP contribution in [0.5, 0.6) is 5.75 Å². The second-order valence-corrected chi connectivity index (χ2v) is 9.63. The summed E-state index contributed by atoms with van der Waals surface area (Å²) in [6.07, 6.45) is 4.47. The quantitative estimate of drug-likeness (QED) is 0.261. The van der Waals surface area contributed by atoms with Gasteiger partial charge in [0.15, 0.2) is 5.37 Å². The van der Waals surface area contributed by atoms with E-state index in [4.69, 9.17) is 4.74 Å². The molecule has 9 heteroatoms. The standard InChI is InChI=1S/C26H22N2O6S/c1-2-34-23-16-14-21(15-17-23)27-25(29)24(13-6-10-19-8-4-3-5-9-19)35(32,33)26(27)20-11-7-12-22(18-20)28(30)31/h3-18,26H,2H2,1H3/b10-6+,24-13+/t26-/m0/s1. The molecule has 1 atom stereocenters. The first kappa shape index (κ1) is 23.9. The van der Waals surface area contributed by atoms with Gasteiger partial charge in [-0.25, -0.2) is 8.42 Å². The zero-order valence-electron chi connectivity index (χ0n) is 18.8. The van der Waals surface area contributed by atoms with Crippen molar-refractivity contribution in [2.45, 2.75) is 12.3 Å². The number of carbonyl (C=O) groups excluding carboxylic acids is 1. The van der Waals surface area contributed by atoms with Crippen LogP contribution in [0.2, 0.25) is 0 Å². The Morgan fingerprint density at radius 1 is 1.03 bits per heavy atom. The van der Waals surface area contributed by atoms with Gasteiger partial charge in [0.1, 0.15) is 10.7 Å². The topological polar surface area (TPSA) is 107 Å². The van der Waals surface area contributed by atoms with Crippen LogP contribution in [-0.4, -0.2) is 25.9 Å². The number of amides is 1. The minimum Gasteiger partial charge on any atom is -0.494 e. The van der Waals surface area contributed by atoms with Gasteiger partial charge in [-0.1, -0.05) is 54.6 Å². The molecule has 178 valence electrons. The molecule has 0 radical (unpaired) electrons. The molecule has 1 heterocycles. The predicted octanol–water partition coefficient (Wildman–Crippen LogP) is 5.05. The summed E-state index contributed by atoms with van der Waals surface area (Å²) < 4.78 is 32.7. The second-order valence-electron chi connectivity index (χ2n) is 7.65. The van der Waals surface area contributed by atoms with Gasteiger partial charge >= 0.3 is 0 Å². The number of benzene rings is 3. The van der Waals surface area contributed by atoms with Crippen molar-refractivity contribution in [3.8, 4) is 5.75 Å². The van der Waals surface area contributed by atoms with E-state index < -0.39 is 30.9 Å². The fourth-order valence-electron chi connectivity index (χ4n) is 3.83. The highest BCUT2D eigenvalue weighted by atomic mass is 32.2. The number of nitro benzene ring substituents is 1. The molecule has 35 heavy (non-hydrogen) atoms. The summed E-state index contributed by atoms with van der Waals surface area (Å²) in [6.45, 7) is 2.29. The van der Waals surface area contributed by atoms with Crippen LogP contribution in [0.4, 0.5) is 11.4 Å². The van der Waals surface area contributed by atoms with E-state index >= 15 is 0 Å². The van der Waals surface area contributed by atoms with E-state index in [9.17, 15) is 23.3 Å². The Hall–Kier alpha value is -4.24. The van der Waals surface area contributed by atoms with Crippen molar-refractivity contribution in [2.24, 2.45) is 0 Å². The van der Waals surface area contributed by atoms with Crippen molar-refractivity contribution in [2.75, 3.05) is 11.5 Å². The maximum Gasteiger partial charge on any atom is 0.271 e. The number of allylic oxidation sites excluding steroid dienone is 2.